The molecule has 5 aromatic heterocycles. The highest BCUT2D eigenvalue weighted by Gasteiger charge is 2.16. The van der Waals surface area contributed by atoms with Crippen molar-refractivity contribution in [3.63, 3.8) is 0 Å². The summed E-state index contributed by atoms with van der Waals surface area (Å²) in [4.78, 5) is 29.0. The van der Waals surface area contributed by atoms with Crippen LogP contribution in [0.4, 0.5) is 0 Å². The molecule has 0 fully saturated rings. The van der Waals surface area contributed by atoms with Crippen molar-refractivity contribution in [3.05, 3.63) is 170 Å². The largest absolute Gasteiger partial charge is 0.256 e. The van der Waals surface area contributed by atoms with Crippen LogP contribution in [0.3, 0.4) is 0 Å². The minimum Gasteiger partial charge on any atom is -0.256 e. The minimum atomic E-state index is 0.637. The van der Waals surface area contributed by atoms with E-state index in [9.17, 15) is 0 Å². The predicted molar refractivity (Wildman–Crippen MR) is 196 cm³/mol. The van der Waals surface area contributed by atoms with Crippen molar-refractivity contribution in [2.75, 3.05) is 0 Å². The van der Waals surface area contributed by atoms with Gasteiger partial charge in [0.2, 0.25) is 0 Å². The van der Waals surface area contributed by atoms with Crippen LogP contribution in [0.5, 0.6) is 0 Å². The van der Waals surface area contributed by atoms with Gasteiger partial charge in [0.1, 0.15) is 0 Å². The Morgan fingerprint density at radius 1 is 0.306 bits per heavy atom. The Hall–Kier alpha value is -6.66. The highest BCUT2D eigenvalue weighted by Crippen LogP contribution is 2.36. The second kappa shape index (κ2) is 13.2. The topological polar surface area (TPSA) is 77.3 Å². The fourth-order valence-electron chi connectivity index (χ4n) is 5.85. The third-order valence-corrected chi connectivity index (χ3v) is 8.34. The molecule has 49 heavy (non-hydrogen) atoms. The van der Waals surface area contributed by atoms with E-state index >= 15 is 0 Å². The van der Waals surface area contributed by atoms with Gasteiger partial charge in [-0.2, -0.15) is 0 Å². The van der Waals surface area contributed by atoms with Crippen LogP contribution >= 0.6 is 0 Å². The summed E-state index contributed by atoms with van der Waals surface area (Å²) in [6, 6.07) is 47.0. The average Bonchev–Trinajstić information content (AvgIpc) is 3.19. The number of benzene rings is 3. The normalized spacial score (nSPS) is 11.0. The summed E-state index contributed by atoms with van der Waals surface area (Å²) in [5, 5.41) is 0. The quantitative estimate of drug-likeness (QED) is 0.174. The van der Waals surface area contributed by atoms with Crippen LogP contribution in [-0.4, -0.2) is 29.9 Å². The number of aryl methyl sites for hydroxylation is 1. The van der Waals surface area contributed by atoms with E-state index in [2.05, 4.69) is 93.6 Å². The molecule has 0 atom stereocenters. The first-order valence-electron chi connectivity index (χ1n) is 16.1. The van der Waals surface area contributed by atoms with Crippen molar-refractivity contribution < 1.29 is 0 Å². The molecule has 3 aromatic carbocycles. The summed E-state index contributed by atoms with van der Waals surface area (Å²) >= 11 is 0. The summed E-state index contributed by atoms with van der Waals surface area (Å²) in [7, 11) is 0. The van der Waals surface area contributed by atoms with E-state index in [1.807, 2.05) is 97.6 Å². The molecule has 8 aromatic rings. The first-order valence-corrected chi connectivity index (χ1v) is 16.1. The maximum Gasteiger partial charge on any atom is 0.160 e. The average molecular weight is 631 g/mol. The van der Waals surface area contributed by atoms with E-state index in [-0.39, 0.29) is 0 Å². The SMILES string of the molecule is Cc1ccc(-c2nc(-c3cc(-c4ccccn4)cc(-c4ccccn4)c3)cc(-c3cc(-c4ccccn4)cc(-c4ccccn4)c3)n2)cc1. The lowest BCUT2D eigenvalue weighted by Crippen LogP contribution is -1.98. The molecule has 5 heterocycles. The first-order chi connectivity index (χ1) is 24.2. The Morgan fingerprint density at radius 3 is 0.939 bits per heavy atom. The number of rotatable bonds is 7. The lowest BCUT2D eigenvalue weighted by molar-refractivity contribution is 1.18. The summed E-state index contributed by atoms with van der Waals surface area (Å²) in [6.07, 6.45) is 7.26. The van der Waals surface area contributed by atoms with Crippen LogP contribution in [0.15, 0.2) is 164 Å². The number of hydrogen-bond acceptors (Lipinski definition) is 6. The maximum absolute atomic E-state index is 5.18. The zero-order chi connectivity index (χ0) is 33.0. The van der Waals surface area contributed by atoms with Gasteiger partial charge >= 0.3 is 0 Å². The number of hydrogen-bond donors (Lipinski definition) is 0. The highest BCUT2D eigenvalue weighted by molar-refractivity contribution is 5.83. The highest BCUT2D eigenvalue weighted by atomic mass is 14.9. The molecule has 0 radical (unpaired) electrons. The number of pyridine rings is 4. The fraction of sp³-hybridized carbons (Fsp3) is 0.0233. The van der Waals surface area contributed by atoms with Crippen molar-refractivity contribution in [2.45, 2.75) is 6.92 Å². The van der Waals surface area contributed by atoms with Crippen LogP contribution < -0.4 is 0 Å². The summed E-state index contributed by atoms with van der Waals surface area (Å²) in [5.74, 6) is 0.637. The number of aromatic nitrogens is 6. The molecule has 0 bridgehead atoms. The Bertz CT molecular complexity index is 2100. The van der Waals surface area contributed by atoms with Gasteiger partial charge in [-0.05, 0) is 97.9 Å². The van der Waals surface area contributed by atoms with Gasteiger partial charge in [0.15, 0.2) is 5.82 Å². The van der Waals surface area contributed by atoms with E-state index in [1.54, 1.807) is 0 Å². The van der Waals surface area contributed by atoms with E-state index in [1.165, 1.54) is 5.56 Å². The van der Waals surface area contributed by atoms with Gasteiger partial charge in [0.25, 0.3) is 0 Å². The molecule has 8 rings (SSSR count). The van der Waals surface area contributed by atoms with Gasteiger partial charge in [-0.3, -0.25) is 19.9 Å². The van der Waals surface area contributed by atoms with Crippen LogP contribution in [0.2, 0.25) is 0 Å². The van der Waals surface area contributed by atoms with Crippen LogP contribution in [0.25, 0.3) is 78.9 Å². The van der Waals surface area contributed by atoms with Gasteiger partial charge < -0.3 is 0 Å². The lowest BCUT2D eigenvalue weighted by atomic mass is 9.96. The van der Waals surface area contributed by atoms with Gasteiger partial charge in [-0.15, -0.1) is 0 Å². The van der Waals surface area contributed by atoms with Gasteiger partial charge in [-0.1, -0.05) is 54.1 Å². The fourth-order valence-corrected chi connectivity index (χ4v) is 5.85. The molecule has 0 unspecified atom stereocenters. The van der Waals surface area contributed by atoms with Crippen LogP contribution in [0.1, 0.15) is 5.56 Å². The van der Waals surface area contributed by atoms with E-state index in [4.69, 9.17) is 9.97 Å². The van der Waals surface area contributed by atoms with Gasteiger partial charge in [0, 0.05) is 63.7 Å². The Morgan fingerprint density at radius 2 is 0.633 bits per heavy atom. The monoisotopic (exact) mass is 630 g/mol. The molecule has 6 nitrogen and oxygen atoms in total. The van der Waals surface area contributed by atoms with Crippen molar-refractivity contribution in [1.82, 2.24) is 29.9 Å². The zero-order valence-corrected chi connectivity index (χ0v) is 26.8. The van der Waals surface area contributed by atoms with Crippen molar-refractivity contribution >= 4 is 0 Å². The third-order valence-electron chi connectivity index (χ3n) is 8.34. The number of nitrogens with zero attached hydrogens (tertiary/aromatic N) is 6. The smallest absolute Gasteiger partial charge is 0.160 e. The van der Waals surface area contributed by atoms with Crippen molar-refractivity contribution in [3.8, 4) is 78.9 Å². The maximum atomic E-state index is 5.18. The second-order valence-electron chi connectivity index (χ2n) is 11.8. The van der Waals surface area contributed by atoms with E-state index in [0.29, 0.717) is 5.82 Å². The lowest BCUT2D eigenvalue weighted by Gasteiger charge is -2.14. The molecular weight excluding hydrogens is 601 g/mol. The zero-order valence-electron chi connectivity index (χ0n) is 26.8. The van der Waals surface area contributed by atoms with Crippen molar-refractivity contribution in [1.29, 1.82) is 0 Å². The molecule has 0 spiro atoms. The molecule has 0 N–H and O–H groups in total. The van der Waals surface area contributed by atoms with Gasteiger partial charge in [0.05, 0.1) is 34.2 Å². The molecule has 0 aliphatic carbocycles. The Kier molecular flexibility index (Phi) is 8.02. The van der Waals surface area contributed by atoms with Crippen LogP contribution in [0, 0.1) is 6.92 Å². The molecule has 0 aliphatic heterocycles. The summed E-state index contributed by atoms with van der Waals surface area (Å²) in [5.41, 5.74) is 13.0. The van der Waals surface area contributed by atoms with Gasteiger partial charge in [-0.25, -0.2) is 9.97 Å². The summed E-state index contributed by atoms with van der Waals surface area (Å²) < 4.78 is 0. The minimum absolute atomic E-state index is 0.637. The first kappa shape index (κ1) is 29.7. The van der Waals surface area contributed by atoms with Crippen LogP contribution in [-0.2, 0) is 0 Å². The second-order valence-corrected chi connectivity index (χ2v) is 11.8. The van der Waals surface area contributed by atoms with E-state index in [0.717, 1.165) is 73.1 Å². The summed E-state index contributed by atoms with van der Waals surface area (Å²) in [6.45, 7) is 2.08. The molecular formula is C43H30N6. The molecule has 0 amide bonds. The van der Waals surface area contributed by atoms with E-state index < -0.39 is 0 Å². The molecule has 0 saturated heterocycles. The molecule has 0 aliphatic rings. The third kappa shape index (κ3) is 6.48. The standard InChI is InChI=1S/C43H30N6/c1-29-14-16-30(17-15-29)43-48-41(35-24-31(37-10-2-6-18-44-37)22-32(25-35)38-11-3-7-19-45-38)28-42(49-43)36-26-33(39-12-4-8-20-46-39)23-34(27-36)40-13-5-9-21-47-40/h2-28H,1H3. The Labute approximate surface area is 285 Å². The van der Waals surface area contributed by atoms with Crippen molar-refractivity contribution in [2.24, 2.45) is 0 Å². The Balaban J connectivity index is 1.37. The predicted octanol–water partition coefficient (Wildman–Crippen LogP) is 10.0. The molecule has 232 valence electrons. The molecule has 0 saturated carbocycles. The molecule has 6 heteroatoms.